The van der Waals surface area contributed by atoms with Crippen molar-refractivity contribution >= 4 is 34.7 Å². The van der Waals surface area contributed by atoms with Crippen molar-refractivity contribution in [2.24, 2.45) is 11.0 Å². The van der Waals surface area contributed by atoms with Crippen molar-refractivity contribution in [2.75, 3.05) is 7.11 Å². The van der Waals surface area contributed by atoms with Gasteiger partial charge in [0.2, 0.25) is 5.91 Å². The molecule has 2 aromatic carbocycles. The van der Waals surface area contributed by atoms with Gasteiger partial charge in [0.05, 0.1) is 16.9 Å². The van der Waals surface area contributed by atoms with Gasteiger partial charge in [0, 0.05) is 5.92 Å². The molecule has 0 bridgehead atoms. The molecule has 148 valence electrons. The van der Waals surface area contributed by atoms with E-state index in [0.717, 1.165) is 12.0 Å². The highest BCUT2D eigenvalue weighted by molar-refractivity contribution is 14.1. The van der Waals surface area contributed by atoms with E-state index in [4.69, 9.17) is 4.74 Å². The van der Waals surface area contributed by atoms with Crippen molar-refractivity contribution in [3.05, 3.63) is 56.7 Å². The highest BCUT2D eigenvalue weighted by Gasteiger charge is 2.44. The largest absolute Gasteiger partial charge is 0.504 e. The Balaban J connectivity index is 1.58. The van der Waals surface area contributed by atoms with E-state index in [-0.39, 0.29) is 28.9 Å². The summed E-state index contributed by atoms with van der Waals surface area (Å²) in [6, 6.07) is 12.0. The van der Waals surface area contributed by atoms with Gasteiger partial charge in [-0.15, -0.1) is 0 Å². The predicted molar refractivity (Wildman–Crippen MR) is 119 cm³/mol. The number of benzene rings is 2. The van der Waals surface area contributed by atoms with Gasteiger partial charge in [-0.25, -0.2) is 5.43 Å². The average molecular weight is 492 g/mol. The first-order valence-electron chi connectivity index (χ1n) is 9.20. The number of halogens is 1. The van der Waals surface area contributed by atoms with Crippen LogP contribution in [0.3, 0.4) is 0 Å². The molecule has 0 heterocycles. The third-order valence-corrected chi connectivity index (χ3v) is 5.81. The smallest absolute Gasteiger partial charge is 0.243 e. The molecule has 0 spiro atoms. The maximum absolute atomic E-state index is 12.4. The third-order valence-electron chi connectivity index (χ3n) is 4.99. The van der Waals surface area contributed by atoms with Gasteiger partial charge < -0.3 is 9.84 Å². The Hall–Kier alpha value is -2.09. The number of aromatic hydroxyl groups is 1. The number of carbonyl (C=O) groups excluding carboxylic acids is 1. The number of phenolic OH excluding ortho intramolecular Hbond substituents is 1. The Morgan fingerprint density at radius 3 is 2.57 bits per heavy atom. The minimum absolute atomic E-state index is 0.0351. The van der Waals surface area contributed by atoms with Crippen molar-refractivity contribution in [1.82, 2.24) is 5.43 Å². The van der Waals surface area contributed by atoms with Crippen molar-refractivity contribution < 1.29 is 14.6 Å². The maximum Gasteiger partial charge on any atom is 0.243 e. The van der Waals surface area contributed by atoms with Gasteiger partial charge in [0.15, 0.2) is 11.5 Å². The molecule has 1 aliphatic carbocycles. The summed E-state index contributed by atoms with van der Waals surface area (Å²) >= 11 is 2.02. The minimum Gasteiger partial charge on any atom is -0.504 e. The molecular formula is C22H25IN2O3. The number of nitrogens with one attached hydrogen (secondary N) is 1. The fourth-order valence-corrected chi connectivity index (χ4v) is 3.79. The van der Waals surface area contributed by atoms with Gasteiger partial charge in [-0.2, -0.15) is 5.10 Å². The maximum atomic E-state index is 12.4. The average Bonchev–Trinajstić information content (AvgIpc) is 3.44. The summed E-state index contributed by atoms with van der Waals surface area (Å²) in [5.74, 6) is 0.635. The van der Waals surface area contributed by atoms with Crippen LogP contribution in [0.4, 0.5) is 0 Å². The number of nitrogens with zero attached hydrogens (tertiary/aromatic N) is 1. The lowest BCUT2D eigenvalue weighted by Crippen LogP contribution is -2.20. The van der Waals surface area contributed by atoms with E-state index in [1.807, 2.05) is 22.6 Å². The summed E-state index contributed by atoms with van der Waals surface area (Å²) in [5, 5.41) is 13.9. The highest BCUT2D eigenvalue weighted by Crippen LogP contribution is 2.47. The molecule has 2 aromatic rings. The molecule has 0 radical (unpaired) electrons. The second-order valence-corrected chi connectivity index (χ2v) is 9.27. The van der Waals surface area contributed by atoms with Crippen molar-refractivity contribution in [2.45, 2.75) is 38.5 Å². The second kappa shape index (κ2) is 8.11. The van der Waals surface area contributed by atoms with Crippen LogP contribution in [0.1, 0.15) is 49.8 Å². The predicted octanol–water partition coefficient (Wildman–Crippen LogP) is 4.56. The first-order chi connectivity index (χ1) is 13.2. The molecule has 1 saturated carbocycles. The lowest BCUT2D eigenvalue weighted by atomic mass is 9.86. The number of rotatable bonds is 5. The van der Waals surface area contributed by atoms with Crippen LogP contribution < -0.4 is 10.2 Å². The standard InChI is InChI=1S/C22H25IN2O3/c1-22(2,3)15-7-5-14(6-8-15)16-11-17(16)21(27)25-24-12-13-9-18(23)20(26)19(10-13)28-4/h5-10,12,16-17,26H,11H2,1-4H3,(H,25,27). The summed E-state index contributed by atoms with van der Waals surface area (Å²) < 4.78 is 5.79. The van der Waals surface area contributed by atoms with E-state index in [0.29, 0.717) is 9.32 Å². The molecule has 5 nitrogen and oxygen atoms in total. The molecule has 2 unspecified atom stereocenters. The van der Waals surface area contributed by atoms with Gasteiger partial charge in [-0.1, -0.05) is 45.0 Å². The molecule has 28 heavy (non-hydrogen) atoms. The van der Waals surface area contributed by atoms with Gasteiger partial charge in [-0.3, -0.25) is 4.79 Å². The van der Waals surface area contributed by atoms with Gasteiger partial charge >= 0.3 is 0 Å². The summed E-state index contributed by atoms with van der Waals surface area (Å²) in [7, 11) is 1.50. The van der Waals surface area contributed by atoms with Crippen LogP contribution in [0.2, 0.25) is 0 Å². The molecule has 0 aliphatic heterocycles. The number of ether oxygens (including phenoxy) is 1. The molecule has 0 saturated heterocycles. The number of hydrazone groups is 1. The summed E-state index contributed by atoms with van der Waals surface area (Å²) in [6.07, 6.45) is 2.40. The van der Waals surface area contributed by atoms with E-state index in [2.05, 4.69) is 55.6 Å². The Labute approximate surface area is 179 Å². The van der Waals surface area contributed by atoms with Gasteiger partial charge in [-0.05, 0) is 69.2 Å². The molecular weight excluding hydrogens is 467 g/mol. The zero-order valence-corrected chi connectivity index (χ0v) is 18.6. The molecule has 0 aromatic heterocycles. The molecule has 1 aliphatic rings. The van der Waals surface area contributed by atoms with Crippen LogP contribution in [-0.2, 0) is 10.2 Å². The Kier molecular flexibility index (Phi) is 5.98. The lowest BCUT2D eigenvalue weighted by molar-refractivity contribution is -0.122. The first-order valence-corrected chi connectivity index (χ1v) is 10.3. The topological polar surface area (TPSA) is 70.9 Å². The summed E-state index contributed by atoms with van der Waals surface area (Å²) in [4.78, 5) is 12.4. The van der Waals surface area contributed by atoms with E-state index in [9.17, 15) is 9.90 Å². The molecule has 1 amide bonds. The molecule has 2 N–H and O–H groups in total. The van der Waals surface area contributed by atoms with E-state index < -0.39 is 0 Å². The zero-order valence-electron chi connectivity index (χ0n) is 16.5. The van der Waals surface area contributed by atoms with Crippen molar-refractivity contribution in [3.63, 3.8) is 0 Å². The normalized spacial score (nSPS) is 18.9. The third kappa shape index (κ3) is 4.66. The van der Waals surface area contributed by atoms with Crippen LogP contribution in [0.15, 0.2) is 41.5 Å². The number of carbonyl (C=O) groups is 1. The van der Waals surface area contributed by atoms with Crippen LogP contribution in [0.5, 0.6) is 11.5 Å². The van der Waals surface area contributed by atoms with Gasteiger partial charge in [0.25, 0.3) is 0 Å². The van der Waals surface area contributed by atoms with Gasteiger partial charge in [0.1, 0.15) is 0 Å². The van der Waals surface area contributed by atoms with Crippen molar-refractivity contribution in [1.29, 1.82) is 0 Å². The molecule has 6 heteroatoms. The quantitative estimate of drug-likeness (QED) is 0.366. The van der Waals surface area contributed by atoms with E-state index in [1.54, 1.807) is 18.3 Å². The Morgan fingerprint density at radius 1 is 1.29 bits per heavy atom. The van der Waals surface area contributed by atoms with Crippen LogP contribution in [-0.4, -0.2) is 24.3 Å². The highest BCUT2D eigenvalue weighted by atomic mass is 127. The van der Waals surface area contributed by atoms with Crippen LogP contribution in [0, 0.1) is 9.49 Å². The van der Waals surface area contributed by atoms with E-state index >= 15 is 0 Å². The SMILES string of the molecule is COc1cc(C=NNC(=O)C2CC2c2ccc(C(C)(C)C)cc2)cc(I)c1O. The summed E-state index contributed by atoms with van der Waals surface area (Å²) in [6.45, 7) is 6.58. The zero-order chi connectivity index (χ0) is 20.5. The first kappa shape index (κ1) is 20.6. The minimum atomic E-state index is -0.0680. The van der Waals surface area contributed by atoms with E-state index in [1.165, 1.54) is 18.2 Å². The Bertz CT molecular complexity index is 901. The number of amides is 1. The number of hydrogen-bond acceptors (Lipinski definition) is 4. The second-order valence-electron chi connectivity index (χ2n) is 8.11. The fourth-order valence-electron chi connectivity index (χ4n) is 3.16. The lowest BCUT2D eigenvalue weighted by Gasteiger charge is -2.19. The Morgan fingerprint density at radius 2 is 1.96 bits per heavy atom. The van der Waals surface area contributed by atoms with Crippen LogP contribution >= 0.6 is 22.6 Å². The summed E-state index contributed by atoms with van der Waals surface area (Å²) in [5.41, 5.74) is 5.99. The molecule has 3 rings (SSSR count). The number of methoxy groups -OCH3 is 1. The van der Waals surface area contributed by atoms with Crippen molar-refractivity contribution in [3.8, 4) is 11.5 Å². The molecule has 1 fully saturated rings. The monoisotopic (exact) mass is 492 g/mol. The van der Waals surface area contributed by atoms with Crippen LogP contribution in [0.25, 0.3) is 0 Å². The molecule has 2 atom stereocenters. The number of hydrogen-bond donors (Lipinski definition) is 2. The number of phenols is 1. The fraction of sp³-hybridized carbons (Fsp3) is 0.364.